The minimum Gasteiger partial charge on any atom is -0.346 e. The largest absolute Gasteiger partial charge is 0.346 e. The van der Waals surface area contributed by atoms with Crippen molar-refractivity contribution in [1.29, 1.82) is 0 Å². The average molecular weight is 297 g/mol. The second-order valence-corrected chi connectivity index (χ2v) is 7.04. The number of hydrogen-bond acceptors (Lipinski definition) is 3. The van der Waals surface area contributed by atoms with Crippen LogP contribution in [0.3, 0.4) is 0 Å². The van der Waals surface area contributed by atoms with Crippen molar-refractivity contribution in [2.75, 3.05) is 26.2 Å². The van der Waals surface area contributed by atoms with Crippen LogP contribution in [0, 0.1) is 5.41 Å². The Bertz CT molecular complexity index is 405. The maximum atomic E-state index is 12.1. The molecule has 1 saturated heterocycles. The summed E-state index contributed by atoms with van der Waals surface area (Å²) in [6.07, 6.45) is 0.495. The zero-order valence-electron chi connectivity index (χ0n) is 13.7. The lowest BCUT2D eigenvalue weighted by Crippen LogP contribution is -2.54. The zero-order valence-corrected chi connectivity index (χ0v) is 13.7. The van der Waals surface area contributed by atoms with Crippen molar-refractivity contribution < 1.29 is 14.4 Å². The molecule has 1 aliphatic heterocycles. The fourth-order valence-electron chi connectivity index (χ4n) is 2.19. The predicted molar refractivity (Wildman–Crippen MR) is 80.5 cm³/mol. The van der Waals surface area contributed by atoms with Crippen LogP contribution < -0.4 is 5.32 Å². The molecular weight excluding hydrogens is 270 g/mol. The highest BCUT2D eigenvalue weighted by Crippen LogP contribution is 2.20. The van der Waals surface area contributed by atoms with Gasteiger partial charge in [0.2, 0.25) is 5.91 Å². The maximum Gasteiger partial charge on any atom is 0.312 e. The van der Waals surface area contributed by atoms with Gasteiger partial charge >= 0.3 is 11.8 Å². The number of hydrogen-bond donors (Lipinski definition) is 1. The molecule has 0 aromatic carbocycles. The number of carbonyl (C=O) groups is 3. The van der Waals surface area contributed by atoms with Gasteiger partial charge in [-0.05, 0) is 19.3 Å². The van der Waals surface area contributed by atoms with E-state index in [-0.39, 0.29) is 17.4 Å². The molecule has 0 atom stereocenters. The van der Waals surface area contributed by atoms with Gasteiger partial charge in [0.05, 0.1) is 0 Å². The minimum atomic E-state index is -0.570. The number of amides is 3. The first-order valence-corrected chi connectivity index (χ1v) is 7.47. The molecule has 0 bridgehead atoms. The van der Waals surface area contributed by atoms with Crippen molar-refractivity contribution in [3.8, 4) is 0 Å². The molecule has 21 heavy (non-hydrogen) atoms. The lowest BCUT2D eigenvalue weighted by molar-refractivity contribution is -0.148. The predicted octanol–water partition coefficient (Wildman–Crippen LogP) is 0.618. The molecule has 6 heteroatoms. The van der Waals surface area contributed by atoms with Crippen molar-refractivity contribution in [2.45, 2.75) is 47.1 Å². The van der Waals surface area contributed by atoms with Gasteiger partial charge in [0.15, 0.2) is 0 Å². The van der Waals surface area contributed by atoms with E-state index >= 15 is 0 Å². The molecule has 120 valence electrons. The van der Waals surface area contributed by atoms with E-state index in [2.05, 4.69) is 5.32 Å². The topological polar surface area (TPSA) is 69.7 Å². The molecule has 1 rings (SSSR count). The van der Waals surface area contributed by atoms with E-state index in [0.717, 1.165) is 0 Å². The first kappa shape index (κ1) is 17.5. The molecular formula is C15H27N3O3. The Kier molecular flexibility index (Phi) is 5.75. The van der Waals surface area contributed by atoms with Crippen LogP contribution in [0.2, 0.25) is 0 Å². The molecule has 0 aromatic heterocycles. The van der Waals surface area contributed by atoms with Crippen molar-refractivity contribution in [1.82, 2.24) is 15.1 Å². The summed E-state index contributed by atoms with van der Waals surface area (Å²) in [5, 5.41) is 2.59. The molecule has 3 amide bonds. The molecule has 0 spiro atoms. The van der Waals surface area contributed by atoms with Gasteiger partial charge in [0, 0.05) is 38.6 Å². The van der Waals surface area contributed by atoms with Crippen molar-refractivity contribution in [2.24, 2.45) is 5.41 Å². The Morgan fingerprint density at radius 2 is 1.48 bits per heavy atom. The summed E-state index contributed by atoms with van der Waals surface area (Å²) in [4.78, 5) is 39.0. The van der Waals surface area contributed by atoms with Crippen LogP contribution in [0.5, 0.6) is 0 Å². The quantitative estimate of drug-likeness (QED) is 0.760. The van der Waals surface area contributed by atoms with Crippen LogP contribution in [-0.4, -0.2) is 59.7 Å². The smallest absolute Gasteiger partial charge is 0.312 e. The summed E-state index contributed by atoms with van der Waals surface area (Å²) in [5.74, 6) is -0.965. The third-order valence-corrected chi connectivity index (χ3v) is 3.22. The Labute approximate surface area is 126 Å². The van der Waals surface area contributed by atoms with E-state index < -0.39 is 11.8 Å². The highest BCUT2D eigenvalue weighted by atomic mass is 16.2. The summed E-state index contributed by atoms with van der Waals surface area (Å²) >= 11 is 0. The Hall–Kier alpha value is -1.59. The summed E-state index contributed by atoms with van der Waals surface area (Å²) < 4.78 is 0. The summed E-state index contributed by atoms with van der Waals surface area (Å²) in [6.45, 7) is 11.5. The second kappa shape index (κ2) is 6.91. The normalized spacial score (nSPS) is 16.1. The molecule has 1 aliphatic rings. The number of rotatable bonds is 2. The lowest BCUT2D eigenvalue weighted by atomic mass is 9.91. The molecule has 1 fully saturated rings. The number of nitrogens with zero attached hydrogens (tertiary/aromatic N) is 2. The summed E-state index contributed by atoms with van der Waals surface area (Å²) in [5.41, 5.74) is -0.0405. The molecule has 0 aromatic rings. The molecule has 6 nitrogen and oxygen atoms in total. The average Bonchev–Trinajstić information content (AvgIpc) is 2.35. The van der Waals surface area contributed by atoms with E-state index in [1.165, 1.54) is 4.90 Å². The Morgan fingerprint density at radius 3 is 1.90 bits per heavy atom. The van der Waals surface area contributed by atoms with Crippen LogP contribution in [0.1, 0.15) is 41.0 Å². The molecule has 0 aliphatic carbocycles. The van der Waals surface area contributed by atoms with Gasteiger partial charge in [0.1, 0.15) is 0 Å². The van der Waals surface area contributed by atoms with Gasteiger partial charge in [-0.25, -0.2) is 0 Å². The fourth-order valence-corrected chi connectivity index (χ4v) is 2.19. The molecule has 0 radical (unpaired) electrons. The summed E-state index contributed by atoms with van der Waals surface area (Å²) in [6, 6.07) is -0.0592. The van der Waals surface area contributed by atoms with Gasteiger partial charge in [-0.15, -0.1) is 0 Å². The molecule has 1 heterocycles. The molecule has 0 saturated carbocycles. The van der Waals surface area contributed by atoms with E-state index in [0.29, 0.717) is 32.6 Å². The standard InChI is InChI=1S/C15H27N3O3/c1-11(2)16-13(20)14(21)18-8-6-17(7-9-18)12(19)10-15(3,4)5/h11H,6-10H2,1-5H3,(H,16,20). The van der Waals surface area contributed by atoms with Gasteiger partial charge in [-0.2, -0.15) is 0 Å². The highest BCUT2D eigenvalue weighted by molar-refractivity contribution is 6.35. The van der Waals surface area contributed by atoms with E-state index in [1.807, 2.05) is 34.6 Å². The van der Waals surface area contributed by atoms with Crippen LogP contribution in [0.4, 0.5) is 0 Å². The van der Waals surface area contributed by atoms with Gasteiger partial charge in [-0.1, -0.05) is 20.8 Å². The van der Waals surface area contributed by atoms with Crippen LogP contribution in [-0.2, 0) is 14.4 Å². The molecule has 1 N–H and O–H groups in total. The first-order chi connectivity index (χ1) is 9.60. The van der Waals surface area contributed by atoms with Gasteiger partial charge in [0.25, 0.3) is 0 Å². The fraction of sp³-hybridized carbons (Fsp3) is 0.800. The van der Waals surface area contributed by atoms with Crippen molar-refractivity contribution in [3.63, 3.8) is 0 Å². The monoisotopic (exact) mass is 297 g/mol. The third-order valence-electron chi connectivity index (χ3n) is 3.22. The third kappa shape index (κ3) is 5.73. The first-order valence-electron chi connectivity index (χ1n) is 7.47. The number of nitrogens with one attached hydrogen (secondary N) is 1. The van der Waals surface area contributed by atoms with Crippen LogP contribution in [0.15, 0.2) is 0 Å². The van der Waals surface area contributed by atoms with E-state index in [4.69, 9.17) is 0 Å². The highest BCUT2D eigenvalue weighted by Gasteiger charge is 2.29. The van der Waals surface area contributed by atoms with Crippen LogP contribution >= 0.6 is 0 Å². The zero-order chi connectivity index (χ0) is 16.2. The lowest BCUT2D eigenvalue weighted by Gasteiger charge is -2.35. The number of piperazine rings is 1. The van der Waals surface area contributed by atoms with Gasteiger partial charge < -0.3 is 15.1 Å². The van der Waals surface area contributed by atoms with Gasteiger partial charge in [-0.3, -0.25) is 14.4 Å². The van der Waals surface area contributed by atoms with Crippen molar-refractivity contribution >= 4 is 17.7 Å². The van der Waals surface area contributed by atoms with Crippen LogP contribution in [0.25, 0.3) is 0 Å². The Morgan fingerprint density at radius 1 is 1.00 bits per heavy atom. The minimum absolute atomic E-state index is 0.0405. The number of carbonyl (C=O) groups excluding carboxylic acids is 3. The van der Waals surface area contributed by atoms with Crippen molar-refractivity contribution in [3.05, 3.63) is 0 Å². The van der Waals surface area contributed by atoms with E-state index in [1.54, 1.807) is 4.90 Å². The second-order valence-electron chi connectivity index (χ2n) is 7.04. The Balaban J connectivity index is 2.47. The SMILES string of the molecule is CC(C)NC(=O)C(=O)N1CCN(C(=O)CC(C)(C)C)CC1. The maximum absolute atomic E-state index is 12.1. The van der Waals surface area contributed by atoms with E-state index in [9.17, 15) is 14.4 Å². The summed E-state index contributed by atoms with van der Waals surface area (Å²) in [7, 11) is 0. The molecule has 0 unspecified atom stereocenters.